The Bertz CT molecular complexity index is 559. The molecule has 0 unspecified atom stereocenters. The fourth-order valence-electron chi connectivity index (χ4n) is 1.83. The van der Waals surface area contributed by atoms with Gasteiger partial charge in [-0.05, 0) is 37.0 Å². The Balaban J connectivity index is 2.46. The first-order valence-electron chi connectivity index (χ1n) is 6.86. The quantitative estimate of drug-likeness (QED) is 0.503. The van der Waals surface area contributed by atoms with Crippen LogP contribution in [0.25, 0.3) is 0 Å². The second-order valence-electron chi connectivity index (χ2n) is 4.70. The van der Waals surface area contributed by atoms with Crippen LogP contribution in [0.3, 0.4) is 0 Å². The molecule has 1 aromatic carbocycles. The third-order valence-corrected chi connectivity index (χ3v) is 5.39. The molecule has 0 amide bonds. The van der Waals surface area contributed by atoms with E-state index in [1.165, 1.54) is 12.5 Å². The molecule has 0 atom stereocenters. The summed E-state index contributed by atoms with van der Waals surface area (Å²) < 4.78 is 26.9. The molecule has 0 aromatic heterocycles. The Hall–Kier alpha value is -0.630. The number of rotatable bonds is 10. The van der Waals surface area contributed by atoms with Crippen LogP contribution in [-0.2, 0) is 10.0 Å². The van der Waals surface area contributed by atoms with Crippen molar-refractivity contribution in [1.29, 1.82) is 0 Å². The number of unbranched alkanes of at least 4 members (excludes halogenated alkanes) is 3. The Morgan fingerprint density at radius 2 is 2.00 bits per heavy atom. The molecule has 0 saturated carbocycles. The molecule has 0 radical (unpaired) electrons. The summed E-state index contributed by atoms with van der Waals surface area (Å²) in [6, 6.07) is 6.39. The lowest BCUT2D eigenvalue weighted by Crippen LogP contribution is -2.25. The van der Waals surface area contributed by atoms with Gasteiger partial charge in [-0.15, -0.1) is 0 Å². The number of hydrogen-bond donors (Lipinski definition) is 2. The van der Waals surface area contributed by atoms with E-state index in [2.05, 4.69) is 11.0 Å². The summed E-state index contributed by atoms with van der Waals surface area (Å²) in [4.78, 5) is 0.399. The smallest absolute Gasteiger partial charge is 0.240 e. The largest absolute Gasteiger partial charge is 0.389 e. The van der Waals surface area contributed by atoms with Crippen LogP contribution in [0.5, 0.6) is 0 Å². The van der Waals surface area contributed by atoms with Crippen molar-refractivity contribution in [3.63, 3.8) is 0 Å². The van der Waals surface area contributed by atoms with Gasteiger partial charge in [-0.25, -0.2) is 13.1 Å². The third-order valence-electron chi connectivity index (χ3n) is 3.00. The Morgan fingerprint density at radius 3 is 2.67 bits per heavy atom. The van der Waals surface area contributed by atoms with Crippen molar-refractivity contribution < 1.29 is 8.42 Å². The van der Waals surface area contributed by atoms with Crippen molar-refractivity contribution in [1.82, 2.24) is 4.72 Å². The lowest BCUT2D eigenvalue weighted by molar-refractivity contribution is 0.574. The molecule has 0 heterocycles. The highest BCUT2D eigenvalue weighted by atomic mass is 32.2. The van der Waals surface area contributed by atoms with Crippen molar-refractivity contribution in [3.05, 3.63) is 29.8 Å². The van der Waals surface area contributed by atoms with Crippen molar-refractivity contribution >= 4 is 39.0 Å². The van der Waals surface area contributed by atoms with Gasteiger partial charge in [-0.1, -0.05) is 37.2 Å². The van der Waals surface area contributed by atoms with Gasteiger partial charge in [0.2, 0.25) is 10.0 Å². The molecule has 0 aliphatic rings. The van der Waals surface area contributed by atoms with Gasteiger partial charge in [0.15, 0.2) is 0 Å². The summed E-state index contributed by atoms with van der Waals surface area (Å²) in [5.41, 5.74) is 6.08. The summed E-state index contributed by atoms with van der Waals surface area (Å²) in [5.74, 6) is 1.16. The number of thioether (sulfide) groups is 1. The molecule has 0 bridgehead atoms. The van der Waals surface area contributed by atoms with E-state index in [-0.39, 0.29) is 9.88 Å². The molecular formula is C14H22N2O2S3. The molecule has 21 heavy (non-hydrogen) atoms. The van der Waals surface area contributed by atoms with Gasteiger partial charge < -0.3 is 5.73 Å². The van der Waals surface area contributed by atoms with Crippen molar-refractivity contribution in [2.75, 3.05) is 18.6 Å². The van der Waals surface area contributed by atoms with E-state index < -0.39 is 10.0 Å². The first-order chi connectivity index (χ1) is 9.97. The minimum absolute atomic E-state index is 0.195. The third kappa shape index (κ3) is 6.78. The highest BCUT2D eigenvalue weighted by Gasteiger charge is 2.13. The molecule has 3 N–H and O–H groups in total. The Kier molecular flexibility index (Phi) is 8.24. The molecule has 0 spiro atoms. The summed E-state index contributed by atoms with van der Waals surface area (Å²) >= 11 is 6.70. The van der Waals surface area contributed by atoms with Crippen LogP contribution in [0, 0.1) is 0 Å². The van der Waals surface area contributed by atoms with E-state index in [0.717, 1.165) is 25.0 Å². The maximum Gasteiger partial charge on any atom is 0.240 e. The second kappa shape index (κ2) is 9.40. The standard InChI is InChI=1S/C14H22N2O2S3/c1-20-10-5-3-2-4-9-16-21(17,18)13-8-6-7-12(11-13)14(15)19/h6-8,11,16H,2-5,9-10H2,1H3,(H2,15,19). The normalized spacial score (nSPS) is 11.5. The van der Waals surface area contributed by atoms with Gasteiger partial charge in [0.05, 0.1) is 4.90 Å². The monoisotopic (exact) mass is 346 g/mol. The maximum atomic E-state index is 12.1. The lowest BCUT2D eigenvalue weighted by atomic mass is 10.2. The first-order valence-corrected chi connectivity index (χ1v) is 10.1. The fourth-order valence-corrected chi connectivity index (χ4v) is 3.57. The molecule has 0 aliphatic heterocycles. The second-order valence-corrected chi connectivity index (χ2v) is 7.89. The number of sulfonamides is 1. The van der Waals surface area contributed by atoms with Gasteiger partial charge in [-0.2, -0.15) is 11.8 Å². The molecular weight excluding hydrogens is 324 g/mol. The molecule has 4 nitrogen and oxygen atoms in total. The maximum absolute atomic E-state index is 12.1. The predicted molar refractivity (Wildman–Crippen MR) is 94.4 cm³/mol. The van der Waals surface area contributed by atoms with E-state index in [1.807, 2.05) is 11.8 Å². The topological polar surface area (TPSA) is 72.2 Å². The van der Waals surface area contributed by atoms with E-state index in [1.54, 1.807) is 18.2 Å². The molecule has 1 rings (SSSR count). The van der Waals surface area contributed by atoms with Crippen LogP contribution in [0.4, 0.5) is 0 Å². The van der Waals surface area contributed by atoms with Crippen LogP contribution in [-0.4, -0.2) is 32.0 Å². The highest BCUT2D eigenvalue weighted by molar-refractivity contribution is 7.98. The molecule has 0 saturated heterocycles. The van der Waals surface area contributed by atoms with E-state index in [0.29, 0.717) is 12.1 Å². The van der Waals surface area contributed by atoms with Crippen LogP contribution >= 0.6 is 24.0 Å². The highest BCUT2D eigenvalue weighted by Crippen LogP contribution is 2.12. The average Bonchev–Trinajstić information content (AvgIpc) is 2.46. The Morgan fingerprint density at radius 1 is 1.29 bits per heavy atom. The number of benzene rings is 1. The van der Waals surface area contributed by atoms with E-state index in [4.69, 9.17) is 18.0 Å². The lowest BCUT2D eigenvalue weighted by Gasteiger charge is -2.08. The Labute approximate surface area is 136 Å². The summed E-state index contributed by atoms with van der Waals surface area (Å²) in [5, 5.41) is 0. The zero-order chi connectivity index (χ0) is 15.7. The summed E-state index contributed by atoms with van der Waals surface area (Å²) in [6.07, 6.45) is 6.30. The van der Waals surface area contributed by atoms with E-state index >= 15 is 0 Å². The number of thiocarbonyl (C=S) groups is 1. The minimum atomic E-state index is -3.48. The SMILES string of the molecule is CSCCCCCCNS(=O)(=O)c1cccc(C(N)=S)c1. The minimum Gasteiger partial charge on any atom is -0.389 e. The van der Waals surface area contributed by atoms with Crippen LogP contribution in [0.1, 0.15) is 31.2 Å². The average molecular weight is 347 g/mol. The molecule has 0 aliphatic carbocycles. The van der Waals surface area contributed by atoms with Crippen LogP contribution in [0.2, 0.25) is 0 Å². The van der Waals surface area contributed by atoms with Crippen molar-refractivity contribution in [2.45, 2.75) is 30.6 Å². The van der Waals surface area contributed by atoms with Gasteiger partial charge in [0.1, 0.15) is 4.99 Å². The number of nitrogens with one attached hydrogen (secondary N) is 1. The predicted octanol–water partition coefficient (Wildman–Crippen LogP) is 2.52. The summed E-state index contributed by atoms with van der Waals surface area (Å²) in [7, 11) is -3.48. The number of nitrogens with two attached hydrogens (primary N) is 1. The van der Waals surface area contributed by atoms with Gasteiger partial charge in [0, 0.05) is 12.1 Å². The zero-order valence-electron chi connectivity index (χ0n) is 12.2. The van der Waals surface area contributed by atoms with E-state index in [9.17, 15) is 8.42 Å². The molecule has 7 heteroatoms. The molecule has 118 valence electrons. The first kappa shape index (κ1) is 18.4. The number of hydrogen-bond acceptors (Lipinski definition) is 4. The van der Waals surface area contributed by atoms with Gasteiger partial charge in [0.25, 0.3) is 0 Å². The summed E-state index contributed by atoms with van der Waals surface area (Å²) in [6.45, 7) is 0.457. The van der Waals surface area contributed by atoms with Crippen molar-refractivity contribution in [2.24, 2.45) is 5.73 Å². The van der Waals surface area contributed by atoms with Gasteiger partial charge in [-0.3, -0.25) is 0 Å². The van der Waals surface area contributed by atoms with Crippen LogP contribution < -0.4 is 10.5 Å². The van der Waals surface area contributed by atoms with Crippen molar-refractivity contribution in [3.8, 4) is 0 Å². The van der Waals surface area contributed by atoms with Crippen LogP contribution in [0.15, 0.2) is 29.2 Å². The fraction of sp³-hybridized carbons (Fsp3) is 0.500. The van der Waals surface area contributed by atoms with Gasteiger partial charge >= 0.3 is 0 Å². The molecule has 1 aromatic rings. The zero-order valence-corrected chi connectivity index (χ0v) is 14.6. The molecule has 0 fully saturated rings.